The van der Waals surface area contributed by atoms with Crippen molar-refractivity contribution < 1.29 is 41.0 Å². The van der Waals surface area contributed by atoms with Crippen LogP contribution in [0.4, 0.5) is 26.3 Å². The van der Waals surface area contributed by atoms with Crippen LogP contribution < -0.4 is 0 Å². The second kappa shape index (κ2) is 9.74. The second-order valence-electron chi connectivity index (χ2n) is 7.52. The molecule has 2 aromatic carbocycles. The minimum absolute atomic E-state index is 0.0685. The van der Waals surface area contributed by atoms with Crippen LogP contribution in [0.25, 0.3) is 11.0 Å². The first-order chi connectivity index (χ1) is 15.9. The Hall–Kier alpha value is -3.57. The Balaban J connectivity index is 1.74. The molecule has 1 heterocycles. The summed E-state index contributed by atoms with van der Waals surface area (Å²) in [6.45, 7) is -1.38. The van der Waals surface area contributed by atoms with Crippen LogP contribution in [0, 0.1) is 0 Å². The van der Waals surface area contributed by atoms with E-state index in [-0.39, 0.29) is 36.0 Å². The summed E-state index contributed by atoms with van der Waals surface area (Å²) in [6.07, 6.45) is -9.71. The molecule has 1 aromatic heterocycles. The van der Waals surface area contributed by atoms with Gasteiger partial charge in [0.15, 0.2) is 0 Å². The number of fused-ring (bicyclic) bond motifs is 1. The molecule has 1 amide bonds. The second-order valence-corrected chi connectivity index (χ2v) is 7.52. The third-order valence-electron chi connectivity index (χ3n) is 4.99. The molecule has 0 saturated carbocycles. The van der Waals surface area contributed by atoms with Gasteiger partial charge in [-0.05, 0) is 36.2 Å². The van der Waals surface area contributed by atoms with Gasteiger partial charge in [0.25, 0.3) is 0 Å². The Morgan fingerprint density at radius 1 is 0.971 bits per heavy atom. The Labute approximate surface area is 189 Å². The van der Waals surface area contributed by atoms with Crippen molar-refractivity contribution in [3.63, 3.8) is 0 Å². The normalized spacial score (nSPS) is 12.2. The van der Waals surface area contributed by atoms with Crippen LogP contribution in [0.3, 0.4) is 0 Å². The van der Waals surface area contributed by atoms with E-state index in [0.717, 1.165) is 27.7 Å². The fourth-order valence-corrected chi connectivity index (χ4v) is 3.53. The number of imidazole rings is 1. The number of rotatable bonds is 8. The molecule has 182 valence electrons. The predicted octanol–water partition coefficient (Wildman–Crippen LogP) is 4.97. The lowest BCUT2D eigenvalue weighted by Gasteiger charge is -2.22. The number of halogens is 6. The quantitative estimate of drug-likeness (QED) is 0.456. The highest BCUT2D eigenvalue weighted by atomic mass is 19.4. The van der Waals surface area contributed by atoms with Crippen LogP contribution in [0.1, 0.15) is 29.8 Å². The van der Waals surface area contributed by atoms with E-state index in [2.05, 4.69) is 4.98 Å². The van der Waals surface area contributed by atoms with Crippen LogP contribution in [0.2, 0.25) is 0 Å². The Morgan fingerprint density at radius 3 is 2.32 bits per heavy atom. The summed E-state index contributed by atoms with van der Waals surface area (Å²) in [4.78, 5) is 28.3. The maximum Gasteiger partial charge on any atom is 0.449 e. The molecule has 1 N–H and O–H groups in total. The van der Waals surface area contributed by atoms with Crippen molar-refractivity contribution in [1.82, 2.24) is 14.5 Å². The molecule has 0 aliphatic rings. The van der Waals surface area contributed by atoms with Crippen LogP contribution in [0.5, 0.6) is 0 Å². The molecule has 0 bridgehead atoms. The number of amides is 1. The zero-order valence-electron chi connectivity index (χ0n) is 17.5. The number of para-hydroxylation sites is 2. The van der Waals surface area contributed by atoms with Crippen LogP contribution in [0.15, 0.2) is 48.5 Å². The minimum Gasteiger partial charge on any atom is -0.480 e. The Bertz CT molecular complexity index is 1190. The van der Waals surface area contributed by atoms with E-state index < -0.39 is 48.7 Å². The summed E-state index contributed by atoms with van der Waals surface area (Å²) < 4.78 is 80.0. The van der Waals surface area contributed by atoms with Crippen LogP contribution >= 0.6 is 0 Å². The van der Waals surface area contributed by atoms with Crippen molar-refractivity contribution in [2.24, 2.45) is 0 Å². The topological polar surface area (TPSA) is 75.4 Å². The number of benzene rings is 2. The van der Waals surface area contributed by atoms with Gasteiger partial charge in [0.1, 0.15) is 6.54 Å². The number of carbonyl (C=O) groups is 2. The summed E-state index contributed by atoms with van der Waals surface area (Å²) in [5.74, 6) is -3.20. The van der Waals surface area contributed by atoms with Gasteiger partial charge in [-0.15, -0.1) is 0 Å². The van der Waals surface area contributed by atoms with Gasteiger partial charge in [-0.25, -0.2) is 4.98 Å². The first-order valence-electron chi connectivity index (χ1n) is 10.0. The fourth-order valence-electron chi connectivity index (χ4n) is 3.53. The maximum absolute atomic E-state index is 13.4. The summed E-state index contributed by atoms with van der Waals surface area (Å²) in [5.41, 5.74) is -0.504. The van der Waals surface area contributed by atoms with Crippen molar-refractivity contribution in [2.75, 3.05) is 6.54 Å². The highest BCUT2D eigenvalue weighted by Gasteiger charge is 2.37. The molecule has 0 atom stereocenters. The van der Waals surface area contributed by atoms with E-state index in [4.69, 9.17) is 5.11 Å². The van der Waals surface area contributed by atoms with Gasteiger partial charge in [0.05, 0.1) is 16.6 Å². The minimum atomic E-state index is -4.72. The smallest absolute Gasteiger partial charge is 0.449 e. The first kappa shape index (κ1) is 25.1. The number of hydrogen-bond donors (Lipinski definition) is 1. The van der Waals surface area contributed by atoms with Gasteiger partial charge in [0.2, 0.25) is 11.7 Å². The molecule has 12 heteroatoms. The monoisotopic (exact) mass is 487 g/mol. The molecular formula is C22H19F6N3O3. The van der Waals surface area contributed by atoms with Gasteiger partial charge >= 0.3 is 18.3 Å². The number of hydrogen-bond acceptors (Lipinski definition) is 3. The Morgan fingerprint density at radius 2 is 1.68 bits per heavy atom. The van der Waals surface area contributed by atoms with Crippen LogP contribution in [-0.2, 0) is 35.0 Å². The summed E-state index contributed by atoms with van der Waals surface area (Å²) in [7, 11) is 0. The van der Waals surface area contributed by atoms with Gasteiger partial charge in [-0.3, -0.25) is 9.59 Å². The maximum atomic E-state index is 13.4. The number of alkyl halides is 6. The first-order valence-corrected chi connectivity index (χ1v) is 10.0. The third kappa shape index (κ3) is 6.06. The SMILES string of the molecule is O=C(O)CN(Cc1cccc(C(F)(F)F)c1)C(=O)CCCn1c(C(F)(F)F)nc2ccccc21. The highest BCUT2D eigenvalue weighted by Crippen LogP contribution is 2.32. The van der Waals surface area contributed by atoms with E-state index in [9.17, 15) is 35.9 Å². The zero-order chi connectivity index (χ0) is 25.1. The average Bonchev–Trinajstić information content (AvgIpc) is 3.12. The largest absolute Gasteiger partial charge is 0.480 e. The lowest BCUT2D eigenvalue weighted by atomic mass is 10.1. The molecule has 3 rings (SSSR count). The molecule has 0 aliphatic heterocycles. The molecule has 34 heavy (non-hydrogen) atoms. The van der Waals surface area contributed by atoms with Gasteiger partial charge in [0, 0.05) is 19.5 Å². The standard InChI is InChI=1S/C22H19F6N3O3/c23-21(24,25)15-6-3-5-14(11-15)12-30(13-19(33)34)18(32)9-4-10-31-17-8-2-1-7-16(17)29-20(31)22(26,27)28/h1-3,5-8,11H,4,9-10,12-13H2,(H,33,34). The number of carboxylic acid groups (broad SMARTS) is 1. The van der Waals surface area contributed by atoms with E-state index in [1.807, 2.05) is 0 Å². The molecular weight excluding hydrogens is 468 g/mol. The molecule has 3 aromatic rings. The molecule has 0 saturated heterocycles. The van der Waals surface area contributed by atoms with Crippen molar-refractivity contribution in [2.45, 2.75) is 38.3 Å². The highest BCUT2D eigenvalue weighted by molar-refractivity contribution is 5.81. The van der Waals surface area contributed by atoms with Crippen molar-refractivity contribution in [3.8, 4) is 0 Å². The summed E-state index contributed by atoms with van der Waals surface area (Å²) in [6, 6.07) is 10.1. The molecule has 0 unspecified atom stereocenters. The number of aliphatic carboxylic acids is 1. The van der Waals surface area contributed by atoms with E-state index in [0.29, 0.717) is 0 Å². The predicted molar refractivity (Wildman–Crippen MR) is 108 cm³/mol. The summed E-state index contributed by atoms with van der Waals surface area (Å²) in [5, 5.41) is 9.10. The van der Waals surface area contributed by atoms with E-state index in [1.165, 1.54) is 18.2 Å². The molecule has 0 radical (unpaired) electrons. The number of aryl methyl sites for hydroxylation is 1. The van der Waals surface area contributed by atoms with Crippen molar-refractivity contribution in [3.05, 3.63) is 65.5 Å². The van der Waals surface area contributed by atoms with Gasteiger partial charge in [-0.1, -0.05) is 24.3 Å². The number of carbonyl (C=O) groups excluding carboxylic acids is 1. The van der Waals surface area contributed by atoms with E-state index >= 15 is 0 Å². The lowest BCUT2D eigenvalue weighted by Crippen LogP contribution is -2.35. The molecule has 0 fully saturated rings. The molecule has 6 nitrogen and oxygen atoms in total. The van der Waals surface area contributed by atoms with Gasteiger partial charge < -0.3 is 14.6 Å². The third-order valence-corrected chi connectivity index (χ3v) is 4.99. The molecule has 0 spiro atoms. The van der Waals surface area contributed by atoms with Crippen LogP contribution in [-0.4, -0.2) is 38.0 Å². The number of aromatic nitrogens is 2. The van der Waals surface area contributed by atoms with Gasteiger partial charge in [-0.2, -0.15) is 26.3 Å². The Kier molecular flexibility index (Phi) is 7.18. The number of nitrogens with zero attached hydrogens (tertiary/aromatic N) is 3. The average molecular weight is 487 g/mol. The fraction of sp³-hybridized carbons (Fsp3) is 0.318. The molecule has 0 aliphatic carbocycles. The van der Waals surface area contributed by atoms with Crippen molar-refractivity contribution >= 4 is 22.9 Å². The number of carboxylic acids is 1. The summed E-state index contributed by atoms with van der Waals surface area (Å²) >= 11 is 0. The lowest BCUT2D eigenvalue weighted by molar-refractivity contribution is -0.147. The zero-order valence-corrected chi connectivity index (χ0v) is 17.5. The van der Waals surface area contributed by atoms with E-state index in [1.54, 1.807) is 12.1 Å². The van der Waals surface area contributed by atoms with Crippen molar-refractivity contribution in [1.29, 1.82) is 0 Å².